The van der Waals surface area contributed by atoms with Gasteiger partial charge in [0.05, 0.1) is 13.5 Å². The largest absolute Gasteiger partial charge is 0.544 e. The summed E-state index contributed by atoms with van der Waals surface area (Å²) < 4.78 is 10.8. The molecule has 0 bridgehead atoms. The fraction of sp³-hybridized carbons (Fsp3) is 0.562. The topological polar surface area (TPSA) is 61.5 Å². The van der Waals surface area contributed by atoms with Crippen molar-refractivity contribution in [3.8, 4) is 5.75 Å². The molecule has 4 nitrogen and oxygen atoms in total. The second-order valence-corrected chi connectivity index (χ2v) is 11.5. The van der Waals surface area contributed by atoms with Crippen LogP contribution in [0.3, 0.4) is 0 Å². The molecule has 0 aromatic heterocycles. The molecule has 0 amide bonds. The van der Waals surface area contributed by atoms with Gasteiger partial charge in [-0.15, -0.1) is 0 Å². The number of ether oxygens (including phenoxy) is 1. The van der Waals surface area contributed by atoms with Crippen LogP contribution in [0.4, 0.5) is 0 Å². The third-order valence-corrected chi connectivity index (χ3v) is 8.46. The van der Waals surface area contributed by atoms with Gasteiger partial charge in [-0.25, -0.2) is 0 Å². The molecule has 1 rings (SSSR count). The number of methoxy groups -OCH3 is 1. The highest BCUT2D eigenvalue weighted by molar-refractivity contribution is 6.74. The summed E-state index contributed by atoms with van der Waals surface area (Å²) >= 11 is 0. The monoisotopic (exact) mass is 309 g/mol. The fourth-order valence-electron chi connectivity index (χ4n) is 1.61. The summed E-state index contributed by atoms with van der Waals surface area (Å²) in [5.74, 6) is 0.555. The Morgan fingerprint density at radius 1 is 1.24 bits per heavy atom. The van der Waals surface area contributed by atoms with Crippen molar-refractivity contribution < 1.29 is 14.0 Å². The van der Waals surface area contributed by atoms with Crippen LogP contribution in [0.2, 0.25) is 18.1 Å². The van der Waals surface area contributed by atoms with E-state index in [9.17, 15) is 4.79 Å². The first-order chi connectivity index (χ1) is 9.56. The van der Waals surface area contributed by atoms with E-state index in [4.69, 9.17) is 10.2 Å². The summed E-state index contributed by atoms with van der Waals surface area (Å²) in [6.07, 6.45) is 0.180. The van der Waals surface area contributed by atoms with Crippen molar-refractivity contribution >= 4 is 14.3 Å². The Bertz CT molecular complexity index is 477. The van der Waals surface area contributed by atoms with Crippen molar-refractivity contribution in [2.24, 2.45) is 5.73 Å². The number of hydrogen-bond acceptors (Lipinski definition) is 4. The standard InChI is InChI=1S/C16H27NO3Si/c1-16(2,3)21(5,6)20-13-9-7-12(8-10-13)14(17)11-15(18)19-4/h7-10,14H,11,17H2,1-6H3/t14-/m1/s1. The number of carbonyl (C=O) groups is 1. The summed E-state index contributed by atoms with van der Waals surface area (Å²) in [5, 5.41) is 0.160. The molecule has 5 heteroatoms. The summed E-state index contributed by atoms with van der Waals surface area (Å²) in [6.45, 7) is 11.0. The molecule has 0 heterocycles. The highest BCUT2D eigenvalue weighted by Crippen LogP contribution is 2.37. The summed E-state index contributed by atoms with van der Waals surface area (Å²) in [4.78, 5) is 11.2. The lowest BCUT2D eigenvalue weighted by Crippen LogP contribution is -2.43. The molecular formula is C16H27NO3Si. The van der Waals surface area contributed by atoms with E-state index in [1.54, 1.807) is 0 Å². The number of esters is 1. The lowest BCUT2D eigenvalue weighted by atomic mass is 10.1. The third-order valence-electron chi connectivity index (χ3n) is 4.10. The van der Waals surface area contributed by atoms with Crippen LogP contribution in [0, 0.1) is 0 Å². The SMILES string of the molecule is COC(=O)C[C@@H](N)c1ccc(O[Si](C)(C)C(C)(C)C)cc1. The lowest BCUT2D eigenvalue weighted by Gasteiger charge is -2.36. The van der Waals surface area contributed by atoms with Crippen molar-refractivity contribution in [1.82, 2.24) is 0 Å². The molecule has 0 saturated carbocycles. The van der Waals surface area contributed by atoms with Gasteiger partial charge in [0, 0.05) is 6.04 Å². The van der Waals surface area contributed by atoms with Crippen molar-refractivity contribution in [2.45, 2.75) is 51.4 Å². The predicted octanol–water partition coefficient (Wildman–Crippen LogP) is 3.63. The average molecular weight is 309 g/mol. The Balaban J connectivity index is 2.77. The van der Waals surface area contributed by atoms with Crippen LogP contribution in [0.5, 0.6) is 5.75 Å². The maximum atomic E-state index is 11.2. The molecule has 0 radical (unpaired) electrons. The molecule has 0 aliphatic heterocycles. The van der Waals surface area contributed by atoms with Crippen molar-refractivity contribution in [3.05, 3.63) is 29.8 Å². The van der Waals surface area contributed by atoms with Crippen molar-refractivity contribution in [3.63, 3.8) is 0 Å². The molecule has 0 spiro atoms. The van der Waals surface area contributed by atoms with E-state index in [1.165, 1.54) is 7.11 Å². The number of nitrogens with two attached hydrogens (primary N) is 1. The number of benzene rings is 1. The number of hydrogen-bond donors (Lipinski definition) is 1. The zero-order valence-corrected chi connectivity index (χ0v) is 14.9. The summed E-state index contributed by atoms with van der Waals surface area (Å²) in [6, 6.07) is 7.32. The van der Waals surface area contributed by atoms with E-state index in [0.717, 1.165) is 11.3 Å². The molecule has 0 saturated heterocycles. The van der Waals surface area contributed by atoms with Crippen LogP contribution in [0.1, 0.15) is 38.8 Å². The van der Waals surface area contributed by atoms with Gasteiger partial charge in [-0.3, -0.25) is 4.79 Å². The molecule has 21 heavy (non-hydrogen) atoms. The zero-order chi connectivity index (χ0) is 16.3. The quantitative estimate of drug-likeness (QED) is 0.666. The maximum absolute atomic E-state index is 11.2. The Labute approximate surface area is 128 Å². The second-order valence-electron chi connectivity index (χ2n) is 6.82. The first-order valence-electron chi connectivity index (χ1n) is 7.18. The third kappa shape index (κ3) is 4.86. The van der Waals surface area contributed by atoms with E-state index in [2.05, 4.69) is 38.6 Å². The van der Waals surface area contributed by atoms with E-state index in [0.29, 0.717) is 0 Å². The molecule has 2 N–H and O–H groups in total. The predicted molar refractivity (Wildman–Crippen MR) is 87.8 cm³/mol. The minimum Gasteiger partial charge on any atom is -0.544 e. The first kappa shape index (κ1) is 17.7. The van der Waals surface area contributed by atoms with E-state index >= 15 is 0 Å². The van der Waals surface area contributed by atoms with Gasteiger partial charge in [0.2, 0.25) is 8.32 Å². The highest BCUT2D eigenvalue weighted by Gasteiger charge is 2.38. The summed E-state index contributed by atoms with van der Waals surface area (Å²) in [5.41, 5.74) is 6.89. The fourth-order valence-corrected chi connectivity index (χ4v) is 2.64. The van der Waals surface area contributed by atoms with Gasteiger partial charge in [0.15, 0.2) is 0 Å². The van der Waals surface area contributed by atoms with E-state index in [-0.39, 0.29) is 23.5 Å². The van der Waals surface area contributed by atoms with Crippen LogP contribution in [0.25, 0.3) is 0 Å². The number of carbonyl (C=O) groups excluding carboxylic acids is 1. The van der Waals surface area contributed by atoms with Crippen LogP contribution in [-0.2, 0) is 9.53 Å². The molecule has 1 aromatic carbocycles. The average Bonchev–Trinajstić information content (AvgIpc) is 2.37. The molecule has 0 unspecified atom stereocenters. The van der Waals surface area contributed by atoms with Crippen LogP contribution >= 0.6 is 0 Å². The Morgan fingerprint density at radius 3 is 2.19 bits per heavy atom. The molecule has 0 fully saturated rings. The number of rotatable bonds is 5. The summed E-state index contributed by atoms with van der Waals surface area (Å²) in [7, 11) is -0.461. The van der Waals surface area contributed by atoms with Gasteiger partial charge in [-0.2, -0.15) is 0 Å². The normalized spacial score (nSPS) is 13.7. The van der Waals surface area contributed by atoms with Gasteiger partial charge >= 0.3 is 5.97 Å². The van der Waals surface area contributed by atoms with E-state index < -0.39 is 8.32 Å². The van der Waals surface area contributed by atoms with Crippen molar-refractivity contribution in [1.29, 1.82) is 0 Å². The Kier molecular flexibility index (Phi) is 5.59. The van der Waals surface area contributed by atoms with E-state index in [1.807, 2.05) is 24.3 Å². The van der Waals surface area contributed by atoms with Crippen LogP contribution in [0.15, 0.2) is 24.3 Å². The Hall–Kier alpha value is -1.33. The lowest BCUT2D eigenvalue weighted by molar-refractivity contribution is -0.141. The van der Waals surface area contributed by atoms with Crippen molar-refractivity contribution in [2.75, 3.05) is 7.11 Å². The Morgan fingerprint density at radius 2 is 1.76 bits per heavy atom. The molecule has 1 aromatic rings. The molecular weight excluding hydrogens is 282 g/mol. The van der Waals surface area contributed by atoms with Gasteiger partial charge in [0.25, 0.3) is 0 Å². The second kappa shape index (κ2) is 6.62. The molecule has 118 valence electrons. The maximum Gasteiger partial charge on any atom is 0.307 e. The molecule has 1 atom stereocenters. The smallest absolute Gasteiger partial charge is 0.307 e. The minimum atomic E-state index is -1.83. The van der Waals surface area contributed by atoms with Gasteiger partial charge in [-0.05, 0) is 35.8 Å². The van der Waals surface area contributed by atoms with Gasteiger partial charge in [0.1, 0.15) is 5.75 Å². The molecule has 0 aliphatic carbocycles. The first-order valence-corrected chi connectivity index (χ1v) is 10.1. The van der Waals surface area contributed by atoms with Crippen LogP contribution in [-0.4, -0.2) is 21.4 Å². The van der Waals surface area contributed by atoms with Crippen LogP contribution < -0.4 is 10.2 Å². The van der Waals surface area contributed by atoms with Gasteiger partial charge in [-0.1, -0.05) is 32.9 Å². The minimum absolute atomic E-state index is 0.160. The van der Waals surface area contributed by atoms with Gasteiger partial charge < -0.3 is 14.9 Å². The highest BCUT2D eigenvalue weighted by atomic mass is 28.4. The zero-order valence-electron chi connectivity index (χ0n) is 13.9. The molecule has 0 aliphatic rings.